The molecule has 1 aliphatic rings. The monoisotopic (exact) mass is 525 g/mol. The van der Waals surface area contributed by atoms with Crippen LogP contribution in [0.2, 0.25) is 0 Å². The fraction of sp³-hybridized carbons (Fsp3) is 0.222. The average Bonchev–Trinajstić information content (AvgIpc) is 3.58. The first-order chi connectivity index (χ1) is 18.2. The third-order valence-corrected chi connectivity index (χ3v) is 6.36. The summed E-state index contributed by atoms with van der Waals surface area (Å²) in [6, 6.07) is 15.5. The van der Waals surface area contributed by atoms with Crippen LogP contribution in [0.4, 0.5) is 17.6 Å². The molecule has 7 nitrogen and oxygen atoms in total. The lowest BCUT2D eigenvalue weighted by Crippen LogP contribution is -2.35. The number of nitrogens with two attached hydrogens (primary N) is 1. The second kappa shape index (κ2) is 10.2. The second-order valence-corrected chi connectivity index (χ2v) is 8.89. The van der Waals surface area contributed by atoms with Gasteiger partial charge in [-0.15, -0.1) is 0 Å². The molecule has 38 heavy (non-hydrogen) atoms. The highest BCUT2D eigenvalue weighted by Crippen LogP contribution is 2.36. The minimum Gasteiger partial charge on any atom is -0.488 e. The highest BCUT2D eigenvalue weighted by Gasteiger charge is 2.32. The molecule has 1 atom stereocenters. The van der Waals surface area contributed by atoms with Gasteiger partial charge >= 0.3 is 6.18 Å². The van der Waals surface area contributed by atoms with Crippen LogP contribution in [0.15, 0.2) is 71.3 Å². The van der Waals surface area contributed by atoms with Gasteiger partial charge in [-0.3, -0.25) is 5.41 Å². The predicted molar refractivity (Wildman–Crippen MR) is 131 cm³/mol. The van der Waals surface area contributed by atoms with Gasteiger partial charge in [-0.25, -0.2) is 4.39 Å². The molecular weight excluding hydrogens is 502 g/mol. The zero-order valence-corrected chi connectivity index (χ0v) is 20.0. The number of ether oxygens (including phenoxy) is 1. The van der Waals surface area contributed by atoms with Gasteiger partial charge in [0.05, 0.1) is 5.56 Å². The van der Waals surface area contributed by atoms with E-state index in [1.165, 1.54) is 24.3 Å². The Hall–Kier alpha value is -4.41. The maximum absolute atomic E-state index is 13.6. The normalized spacial score (nSPS) is 15.6. The molecule has 0 radical (unpaired) electrons. The van der Waals surface area contributed by atoms with Crippen LogP contribution in [0.3, 0.4) is 0 Å². The van der Waals surface area contributed by atoms with Crippen molar-refractivity contribution in [1.82, 2.24) is 15.0 Å². The van der Waals surface area contributed by atoms with Crippen molar-refractivity contribution in [3.05, 3.63) is 89.6 Å². The van der Waals surface area contributed by atoms with Crippen LogP contribution in [-0.4, -0.2) is 27.5 Å². The summed E-state index contributed by atoms with van der Waals surface area (Å²) in [6.45, 7) is 0.665. The number of hydrogen-bond acceptors (Lipinski definition) is 5. The fourth-order valence-electron chi connectivity index (χ4n) is 4.40. The molecule has 3 aromatic carbocycles. The minimum atomic E-state index is -4.41. The number of guanidine groups is 1. The van der Waals surface area contributed by atoms with E-state index in [-0.39, 0.29) is 18.6 Å². The number of nitrogens with one attached hydrogen (secondary N) is 1. The summed E-state index contributed by atoms with van der Waals surface area (Å²) in [7, 11) is 0. The Labute approximate surface area is 215 Å². The van der Waals surface area contributed by atoms with Crippen molar-refractivity contribution in [2.45, 2.75) is 31.7 Å². The molecule has 1 aliphatic heterocycles. The van der Waals surface area contributed by atoms with E-state index in [1.54, 1.807) is 35.2 Å². The quantitative estimate of drug-likeness (QED) is 0.177. The Morgan fingerprint density at radius 1 is 1.05 bits per heavy atom. The van der Waals surface area contributed by atoms with Crippen molar-refractivity contribution in [2.24, 2.45) is 5.73 Å². The Bertz CT molecular complexity index is 1440. The van der Waals surface area contributed by atoms with E-state index in [0.29, 0.717) is 46.3 Å². The molecule has 5 rings (SSSR count). The summed E-state index contributed by atoms with van der Waals surface area (Å²) in [4.78, 5) is 6.24. The second-order valence-electron chi connectivity index (χ2n) is 8.89. The van der Waals surface area contributed by atoms with Gasteiger partial charge in [0.2, 0.25) is 11.7 Å². The minimum absolute atomic E-state index is 0.0284. The van der Waals surface area contributed by atoms with E-state index < -0.39 is 17.6 Å². The number of rotatable bonds is 6. The van der Waals surface area contributed by atoms with Gasteiger partial charge in [0.1, 0.15) is 24.2 Å². The number of nitrogens with zero attached hydrogens (tertiary/aromatic N) is 3. The molecule has 11 heteroatoms. The molecule has 4 aromatic rings. The molecular formula is C27H23F4N5O2. The van der Waals surface area contributed by atoms with Crippen LogP contribution in [0.25, 0.3) is 22.5 Å². The van der Waals surface area contributed by atoms with Crippen LogP contribution in [0.1, 0.15) is 35.9 Å². The van der Waals surface area contributed by atoms with Gasteiger partial charge in [-0.05, 0) is 66.4 Å². The average molecular weight is 526 g/mol. The van der Waals surface area contributed by atoms with Gasteiger partial charge in [0, 0.05) is 17.7 Å². The van der Waals surface area contributed by atoms with Crippen molar-refractivity contribution in [3.8, 4) is 28.3 Å². The van der Waals surface area contributed by atoms with Crippen molar-refractivity contribution < 1.29 is 26.8 Å². The molecule has 1 fully saturated rings. The third-order valence-electron chi connectivity index (χ3n) is 6.36. The SMILES string of the molecule is N=C(N)N1CCC[C@H]1c1nc(-c2ccc(OCc3ccc(C(F)(F)F)cc3)c(-c3ccc(F)cc3)c2)no1. The van der Waals surface area contributed by atoms with E-state index in [1.807, 2.05) is 0 Å². The van der Waals surface area contributed by atoms with Gasteiger partial charge in [-0.2, -0.15) is 18.2 Å². The lowest BCUT2D eigenvalue weighted by Gasteiger charge is -2.21. The number of halogens is 4. The van der Waals surface area contributed by atoms with Crippen LogP contribution >= 0.6 is 0 Å². The number of hydrogen-bond donors (Lipinski definition) is 2. The molecule has 0 aliphatic carbocycles. The van der Waals surface area contributed by atoms with Crippen LogP contribution in [-0.2, 0) is 12.8 Å². The molecule has 196 valence electrons. The summed E-state index contributed by atoms with van der Waals surface area (Å²) in [5.74, 6) is 0.682. The highest BCUT2D eigenvalue weighted by molar-refractivity contribution is 5.76. The van der Waals surface area contributed by atoms with Gasteiger partial charge in [0.15, 0.2) is 5.96 Å². The zero-order chi connectivity index (χ0) is 26.9. The lowest BCUT2D eigenvalue weighted by molar-refractivity contribution is -0.137. The Kier molecular flexibility index (Phi) is 6.75. The molecule has 0 bridgehead atoms. The standard InChI is InChI=1S/C27H23F4N5O2/c28-20-10-5-17(6-11-20)21-14-18(24-34-25(38-35-24)22-2-1-13-36(22)26(32)33)7-12-23(21)37-15-16-3-8-19(9-4-16)27(29,30)31/h3-12,14,22H,1-2,13,15H2,(H3,32,33)/t22-/m0/s1. The molecule has 0 saturated carbocycles. The van der Waals surface area contributed by atoms with Crippen molar-refractivity contribution in [1.29, 1.82) is 5.41 Å². The topological polar surface area (TPSA) is 101 Å². The lowest BCUT2D eigenvalue weighted by atomic mass is 10.0. The van der Waals surface area contributed by atoms with E-state index in [9.17, 15) is 17.6 Å². The first-order valence-corrected chi connectivity index (χ1v) is 11.8. The highest BCUT2D eigenvalue weighted by atomic mass is 19.4. The van der Waals surface area contributed by atoms with E-state index >= 15 is 0 Å². The summed E-state index contributed by atoms with van der Waals surface area (Å²) in [6.07, 6.45) is -2.83. The van der Waals surface area contributed by atoms with Crippen LogP contribution in [0, 0.1) is 11.2 Å². The number of likely N-dealkylation sites (tertiary alicyclic amines) is 1. The molecule has 0 amide bonds. The van der Waals surface area contributed by atoms with Crippen LogP contribution in [0.5, 0.6) is 5.75 Å². The number of benzene rings is 3. The Balaban J connectivity index is 1.43. The zero-order valence-electron chi connectivity index (χ0n) is 20.0. The summed E-state index contributed by atoms with van der Waals surface area (Å²) >= 11 is 0. The van der Waals surface area contributed by atoms with Crippen molar-refractivity contribution >= 4 is 5.96 Å². The first-order valence-electron chi connectivity index (χ1n) is 11.8. The molecule has 1 aromatic heterocycles. The van der Waals surface area contributed by atoms with Gasteiger partial charge in [-0.1, -0.05) is 29.4 Å². The number of aromatic nitrogens is 2. The molecule has 2 heterocycles. The van der Waals surface area contributed by atoms with Crippen molar-refractivity contribution in [3.63, 3.8) is 0 Å². The molecule has 1 saturated heterocycles. The van der Waals surface area contributed by atoms with E-state index in [0.717, 1.165) is 25.0 Å². The summed E-state index contributed by atoms with van der Waals surface area (Å²) in [5, 5.41) is 11.9. The fourth-order valence-corrected chi connectivity index (χ4v) is 4.40. The molecule has 0 spiro atoms. The maximum Gasteiger partial charge on any atom is 0.416 e. The van der Waals surface area contributed by atoms with Gasteiger partial charge < -0.3 is 19.9 Å². The predicted octanol–water partition coefficient (Wildman–Crippen LogP) is 6.17. The van der Waals surface area contributed by atoms with E-state index in [2.05, 4.69) is 10.1 Å². The number of alkyl halides is 3. The van der Waals surface area contributed by atoms with Gasteiger partial charge in [0.25, 0.3) is 0 Å². The third kappa shape index (κ3) is 5.31. The summed E-state index contributed by atoms with van der Waals surface area (Å²) in [5.41, 5.74) is 7.40. The first kappa shape index (κ1) is 25.2. The largest absolute Gasteiger partial charge is 0.488 e. The molecule has 0 unspecified atom stereocenters. The van der Waals surface area contributed by atoms with E-state index in [4.69, 9.17) is 20.4 Å². The summed E-state index contributed by atoms with van der Waals surface area (Å²) < 4.78 is 63.7. The Morgan fingerprint density at radius 3 is 2.45 bits per heavy atom. The van der Waals surface area contributed by atoms with Crippen LogP contribution < -0.4 is 10.5 Å². The Morgan fingerprint density at radius 2 is 1.76 bits per heavy atom. The molecule has 3 N–H and O–H groups in total. The van der Waals surface area contributed by atoms with Crippen molar-refractivity contribution in [2.75, 3.05) is 6.54 Å². The smallest absolute Gasteiger partial charge is 0.416 e. The maximum atomic E-state index is 13.6.